The Bertz CT molecular complexity index is 916. The van der Waals surface area contributed by atoms with E-state index in [1.54, 1.807) is 37.3 Å². The van der Waals surface area contributed by atoms with Crippen molar-refractivity contribution in [3.05, 3.63) is 70.3 Å². The zero-order chi connectivity index (χ0) is 19.6. The molecule has 1 aliphatic rings. The minimum atomic E-state index is -0.917. The molecule has 0 saturated heterocycles. The summed E-state index contributed by atoms with van der Waals surface area (Å²) in [6, 6.07) is 12.4. The van der Waals surface area contributed by atoms with Gasteiger partial charge in [0.1, 0.15) is 11.7 Å². The molecular formula is C22H21ClO4. The topological polar surface area (TPSA) is 63.6 Å². The molecule has 0 fully saturated rings. The monoisotopic (exact) mass is 384 g/mol. The molecular weight excluding hydrogens is 364 g/mol. The van der Waals surface area contributed by atoms with Gasteiger partial charge in [-0.2, -0.15) is 0 Å². The van der Waals surface area contributed by atoms with Crippen LogP contribution in [0.2, 0.25) is 5.02 Å². The summed E-state index contributed by atoms with van der Waals surface area (Å²) in [4.78, 5) is 25.4. The molecule has 0 amide bonds. The first-order valence-corrected chi connectivity index (χ1v) is 9.25. The van der Waals surface area contributed by atoms with Crippen molar-refractivity contribution in [2.75, 3.05) is 6.61 Å². The normalized spacial score (nSPS) is 19.5. The summed E-state index contributed by atoms with van der Waals surface area (Å²) in [6.45, 7) is 3.84. The molecule has 0 heterocycles. The first kappa shape index (κ1) is 19.2. The minimum Gasteiger partial charge on any atom is -0.507 e. The van der Waals surface area contributed by atoms with E-state index in [4.69, 9.17) is 16.3 Å². The van der Waals surface area contributed by atoms with E-state index in [1.165, 1.54) is 6.08 Å². The second-order valence-electron chi connectivity index (χ2n) is 6.69. The number of ketones is 1. The van der Waals surface area contributed by atoms with Crippen LogP contribution in [0.4, 0.5) is 0 Å². The highest BCUT2D eigenvalue weighted by molar-refractivity contribution is 6.30. The number of esters is 1. The van der Waals surface area contributed by atoms with Gasteiger partial charge < -0.3 is 9.84 Å². The first-order chi connectivity index (χ1) is 12.9. The summed E-state index contributed by atoms with van der Waals surface area (Å²) in [5.74, 6) is -2.06. The molecule has 0 bridgehead atoms. The fraction of sp³-hybridized carbons (Fsp3) is 0.273. The fourth-order valence-corrected chi connectivity index (χ4v) is 3.73. The van der Waals surface area contributed by atoms with Gasteiger partial charge in [-0.05, 0) is 61.7 Å². The predicted molar refractivity (Wildman–Crippen MR) is 105 cm³/mol. The number of benzene rings is 2. The van der Waals surface area contributed by atoms with Crippen molar-refractivity contribution in [3.8, 4) is 5.75 Å². The number of allylic oxidation sites excluding steroid dienone is 2. The predicted octanol–water partition coefficient (Wildman–Crippen LogP) is 4.67. The molecule has 2 unspecified atom stereocenters. The molecule has 2 aromatic rings. The van der Waals surface area contributed by atoms with Gasteiger partial charge in [0.2, 0.25) is 0 Å². The van der Waals surface area contributed by atoms with Gasteiger partial charge in [0, 0.05) is 16.5 Å². The van der Waals surface area contributed by atoms with Crippen molar-refractivity contribution in [2.45, 2.75) is 26.2 Å². The second-order valence-corrected chi connectivity index (χ2v) is 7.12. The molecule has 1 aliphatic carbocycles. The Hall–Kier alpha value is -2.59. The third-order valence-electron chi connectivity index (χ3n) is 4.78. The van der Waals surface area contributed by atoms with Crippen LogP contribution >= 0.6 is 11.6 Å². The maximum atomic E-state index is 12.9. The fourth-order valence-electron chi connectivity index (χ4n) is 3.53. The Balaban J connectivity index is 2.08. The van der Waals surface area contributed by atoms with Gasteiger partial charge in [-0.25, -0.2) is 0 Å². The molecule has 0 aromatic heterocycles. The molecule has 0 aliphatic heterocycles. The van der Waals surface area contributed by atoms with Gasteiger partial charge in [-0.1, -0.05) is 35.4 Å². The highest BCUT2D eigenvalue weighted by Gasteiger charge is 2.40. The van der Waals surface area contributed by atoms with Gasteiger partial charge in [0.25, 0.3) is 0 Å². The second kappa shape index (κ2) is 7.97. The van der Waals surface area contributed by atoms with Crippen LogP contribution in [0.15, 0.2) is 48.5 Å². The van der Waals surface area contributed by atoms with Crippen molar-refractivity contribution in [1.29, 1.82) is 0 Å². The number of aryl methyl sites for hydroxylation is 1. The van der Waals surface area contributed by atoms with Crippen LogP contribution < -0.4 is 0 Å². The first-order valence-electron chi connectivity index (χ1n) is 8.87. The number of phenols is 1. The highest BCUT2D eigenvalue weighted by Crippen LogP contribution is 2.42. The van der Waals surface area contributed by atoms with Crippen LogP contribution in [0, 0.1) is 12.8 Å². The summed E-state index contributed by atoms with van der Waals surface area (Å²) in [5.41, 5.74) is 3.08. The van der Waals surface area contributed by atoms with Crippen LogP contribution in [0.1, 0.15) is 36.0 Å². The Morgan fingerprint density at radius 2 is 2.04 bits per heavy atom. The Morgan fingerprint density at radius 3 is 2.74 bits per heavy atom. The van der Waals surface area contributed by atoms with Crippen molar-refractivity contribution in [1.82, 2.24) is 0 Å². The summed E-state index contributed by atoms with van der Waals surface area (Å²) < 4.78 is 5.15. The van der Waals surface area contributed by atoms with Gasteiger partial charge in [-0.15, -0.1) is 0 Å². The molecule has 0 saturated carbocycles. The highest BCUT2D eigenvalue weighted by atomic mass is 35.5. The maximum Gasteiger partial charge on any atom is 0.317 e. The number of ether oxygens (including phenoxy) is 1. The molecule has 1 N–H and O–H groups in total. The van der Waals surface area contributed by atoms with Crippen LogP contribution in [0.25, 0.3) is 5.57 Å². The smallest absolute Gasteiger partial charge is 0.317 e. The zero-order valence-corrected chi connectivity index (χ0v) is 16.0. The number of carbonyl (C=O) groups is 2. The Morgan fingerprint density at radius 1 is 1.26 bits per heavy atom. The summed E-state index contributed by atoms with van der Waals surface area (Å²) in [5, 5.41) is 10.8. The van der Waals surface area contributed by atoms with E-state index in [-0.39, 0.29) is 18.1 Å². The van der Waals surface area contributed by atoms with Gasteiger partial charge in [-0.3, -0.25) is 9.59 Å². The molecule has 0 spiro atoms. The lowest BCUT2D eigenvalue weighted by molar-refractivity contribution is -0.151. The third kappa shape index (κ3) is 4.06. The van der Waals surface area contributed by atoms with Crippen LogP contribution in [-0.4, -0.2) is 23.5 Å². The van der Waals surface area contributed by atoms with E-state index in [9.17, 15) is 14.7 Å². The SMILES string of the molecule is CCOC(=O)C1C(=O)C=C(c2cc(C)ccc2O)CC1c1cccc(Cl)c1. The maximum absolute atomic E-state index is 12.9. The number of aromatic hydroxyl groups is 1. The largest absolute Gasteiger partial charge is 0.507 e. The summed E-state index contributed by atoms with van der Waals surface area (Å²) >= 11 is 6.13. The quantitative estimate of drug-likeness (QED) is 0.614. The molecule has 140 valence electrons. The number of hydrogen-bond acceptors (Lipinski definition) is 4. The van der Waals surface area contributed by atoms with Crippen LogP contribution in [0.3, 0.4) is 0 Å². The standard InChI is InChI=1S/C22H21ClO4/c1-3-27-22(26)21-18(14-5-4-6-16(23)10-14)11-15(12-20(21)25)17-9-13(2)7-8-19(17)24/h4-10,12,18,21,24H,3,11H2,1-2H3. The number of halogens is 1. The van der Waals surface area contributed by atoms with E-state index < -0.39 is 17.8 Å². The number of carbonyl (C=O) groups excluding carboxylic acids is 2. The van der Waals surface area contributed by atoms with Crippen molar-refractivity contribution in [3.63, 3.8) is 0 Å². The lowest BCUT2D eigenvalue weighted by Crippen LogP contribution is -2.34. The van der Waals surface area contributed by atoms with Crippen molar-refractivity contribution >= 4 is 28.9 Å². The average Bonchev–Trinajstić information content (AvgIpc) is 2.63. The van der Waals surface area contributed by atoms with Gasteiger partial charge in [0.05, 0.1) is 6.61 Å². The Kier molecular flexibility index (Phi) is 5.66. The van der Waals surface area contributed by atoms with E-state index in [0.29, 0.717) is 22.6 Å². The molecule has 3 rings (SSSR count). The molecule has 0 radical (unpaired) electrons. The number of hydrogen-bond donors (Lipinski definition) is 1. The van der Waals surface area contributed by atoms with E-state index in [2.05, 4.69) is 0 Å². The lowest BCUT2D eigenvalue weighted by atomic mass is 9.73. The Labute approximate surface area is 163 Å². The van der Waals surface area contributed by atoms with Gasteiger partial charge >= 0.3 is 5.97 Å². The van der Waals surface area contributed by atoms with Crippen LogP contribution in [-0.2, 0) is 14.3 Å². The van der Waals surface area contributed by atoms with E-state index >= 15 is 0 Å². The van der Waals surface area contributed by atoms with E-state index in [1.807, 2.05) is 19.1 Å². The lowest BCUT2D eigenvalue weighted by Gasteiger charge is -2.30. The third-order valence-corrected chi connectivity index (χ3v) is 5.02. The van der Waals surface area contributed by atoms with Crippen molar-refractivity contribution < 1.29 is 19.4 Å². The summed E-state index contributed by atoms with van der Waals surface area (Å²) in [7, 11) is 0. The van der Waals surface area contributed by atoms with E-state index in [0.717, 1.165) is 11.1 Å². The molecule has 2 atom stereocenters. The molecule has 2 aromatic carbocycles. The van der Waals surface area contributed by atoms with Gasteiger partial charge in [0.15, 0.2) is 5.78 Å². The molecule has 5 heteroatoms. The minimum absolute atomic E-state index is 0.110. The zero-order valence-electron chi connectivity index (χ0n) is 15.2. The van der Waals surface area contributed by atoms with Crippen LogP contribution in [0.5, 0.6) is 5.75 Å². The summed E-state index contributed by atoms with van der Waals surface area (Å²) in [6.07, 6.45) is 1.88. The molecule has 27 heavy (non-hydrogen) atoms. The number of rotatable bonds is 4. The molecule has 4 nitrogen and oxygen atoms in total. The number of phenolic OH excluding ortho intramolecular Hbond substituents is 1. The van der Waals surface area contributed by atoms with Crippen molar-refractivity contribution in [2.24, 2.45) is 5.92 Å². The average molecular weight is 385 g/mol.